The minimum Gasteiger partial charge on any atom is -0.383 e. The molecule has 0 saturated heterocycles. The van der Waals surface area contributed by atoms with Gasteiger partial charge in [-0.05, 0) is 5.41 Å². The van der Waals surface area contributed by atoms with E-state index in [-0.39, 0.29) is 5.41 Å². The van der Waals surface area contributed by atoms with Crippen molar-refractivity contribution in [3.63, 3.8) is 0 Å². The molecule has 2 rings (SSSR count). The van der Waals surface area contributed by atoms with Gasteiger partial charge in [-0.15, -0.1) is 11.3 Å². The first-order valence-electron chi connectivity index (χ1n) is 4.48. The van der Waals surface area contributed by atoms with Gasteiger partial charge in [0.1, 0.15) is 12.1 Å². The lowest BCUT2D eigenvalue weighted by molar-refractivity contribution is 0.607. The second-order valence-corrected chi connectivity index (χ2v) is 5.22. The second kappa shape index (κ2) is 2.92. The Balaban J connectivity index is 2.76. The van der Waals surface area contributed by atoms with Crippen LogP contribution in [0.1, 0.15) is 25.6 Å². The third kappa shape index (κ3) is 1.35. The lowest BCUT2D eigenvalue weighted by Gasteiger charge is -2.16. The minimum absolute atomic E-state index is 0.118. The SMILES string of the molecule is CC(C)(C)c1scc2c(N)ncnc12. The zero-order chi connectivity index (χ0) is 10.3. The van der Waals surface area contributed by atoms with Gasteiger partial charge in [0.05, 0.1) is 10.9 Å². The third-order valence-electron chi connectivity index (χ3n) is 2.11. The van der Waals surface area contributed by atoms with Gasteiger partial charge in [-0.2, -0.15) is 0 Å². The molecule has 0 spiro atoms. The molecule has 0 radical (unpaired) electrons. The molecule has 0 amide bonds. The van der Waals surface area contributed by atoms with Gasteiger partial charge < -0.3 is 5.73 Å². The molecule has 2 aromatic rings. The van der Waals surface area contributed by atoms with Crippen LogP contribution in [0.15, 0.2) is 11.7 Å². The van der Waals surface area contributed by atoms with Crippen molar-refractivity contribution >= 4 is 28.1 Å². The lowest BCUT2D eigenvalue weighted by atomic mass is 9.93. The fourth-order valence-electron chi connectivity index (χ4n) is 1.41. The van der Waals surface area contributed by atoms with Crippen molar-refractivity contribution in [3.8, 4) is 0 Å². The molecule has 0 aliphatic rings. The molecule has 14 heavy (non-hydrogen) atoms. The van der Waals surface area contributed by atoms with Gasteiger partial charge in [0.2, 0.25) is 0 Å². The zero-order valence-corrected chi connectivity index (χ0v) is 9.35. The van der Waals surface area contributed by atoms with E-state index in [1.807, 2.05) is 5.38 Å². The van der Waals surface area contributed by atoms with E-state index in [4.69, 9.17) is 5.73 Å². The van der Waals surface area contributed by atoms with Crippen molar-refractivity contribution in [2.75, 3.05) is 5.73 Å². The predicted molar refractivity (Wildman–Crippen MR) is 60.5 cm³/mol. The van der Waals surface area contributed by atoms with Crippen LogP contribution in [-0.4, -0.2) is 9.97 Å². The fourth-order valence-corrected chi connectivity index (χ4v) is 2.51. The van der Waals surface area contributed by atoms with Crippen molar-refractivity contribution in [2.24, 2.45) is 0 Å². The molecule has 2 aromatic heterocycles. The third-order valence-corrected chi connectivity index (χ3v) is 3.50. The summed E-state index contributed by atoms with van der Waals surface area (Å²) in [4.78, 5) is 9.53. The lowest BCUT2D eigenvalue weighted by Crippen LogP contribution is -2.09. The van der Waals surface area contributed by atoms with Crippen LogP contribution < -0.4 is 5.73 Å². The topological polar surface area (TPSA) is 51.8 Å². The largest absolute Gasteiger partial charge is 0.383 e. The average Bonchev–Trinajstić information content (AvgIpc) is 2.47. The Bertz CT molecular complexity index is 468. The van der Waals surface area contributed by atoms with Gasteiger partial charge in [-0.3, -0.25) is 0 Å². The molecule has 0 fully saturated rings. The van der Waals surface area contributed by atoms with Crippen LogP contribution in [0.25, 0.3) is 10.9 Å². The van der Waals surface area contributed by atoms with Crippen molar-refractivity contribution in [3.05, 3.63) is 16.6 Å². The maximum absolute atomic E-state index is 5.77. The molecular weight excluding hydrogens is 194 g/mol. The zero-order valence-electron chi connectivity index (χ0n) is 8.53. The Morgan fingerprint density at radius 3 is 2.64 bits per heavy atom. The van der Waals surface area contributed by atoms with E-state index in [9.17, 15) is 0 Å². The van der Waals surface area contributed by atoms with Gasteiger partial charge >= 0.3 is 0 Å². The Kier molecular flexibility index (Phi) is 1.96. The molecule has 0 atom stereocenters. The maximum Gasteiger partial charge on any atom is 0.135 e. The molecule has 0 unspecified atom stereocenters. The quantitative estimate of drug-likeness (QED) is 0.722. The molecule has 0 saturated carbocycles. The highest BCUT2D eigenvalue weighted by Crippen LogP contribution is 2.35. The molecule has 74 valence electrons. The molecule has 0 aliphatic heterocycles. The van der Waals surface area contributed by atoms with Crippen LogP contribution in [0, 0.1) is 0 Å². The van der Waals surface area contributed by atoms with Crippen LogP contribution in [0.4, 0.5) is 5.82 Å². The van der Waals surface area contributed by atoms with Crippen molar-refractivity contribution < 1.29 is 0 Å². The molecule has 2 heterocycles. The number of nitrogen functional groups attached to an aromatic ring is 1. The monoisotopic (exact) mass is 207 g/mol. The van der Waals surface area contributed by atoms with Crippen molar-refractivity contribution in [2.45, 2.75) is 26.2 Å². The first-order chi connectivity index (χ1) is 6.50. The minimum atomic E-state index is 0.118. The summed E-state index contributed by atoms with van der Waals surface area (Å²) in [5.41, 5.74) is 6.88. The van der Waals surface area contributed by atoms with Gasteiger partial charge in [0.25, 0.3) is 0 Å². The first kappa shape index (κ1) is 9.40. The number of rotatable bonds is 0. The van der Waals surface area contributed by atoms with Crippen LogP contribution in [-0.2, 0) is 5.41 Å². The predicted octanol–water partition coefficient (Wildman–Crippen LogP) is 2.57. The average molecular weight is 207 g/mol. The first-order valence-corrected chi connectivity index (χ1v) is 5.36. The van der Waals surface area contributed by atoms with Crippen molar-refractivity contribution in [1.29, 1.82) is 0 Å². The summed E-state index contributed by atoms with van der Waals surface area (Å²) in [6.45, 7) is 6.53. The van der Waals surface area contributed by atoms with Gasteiger partial charge in [-0.1, -0.05) is 20.8 Å². The van der Waals surface area contributed by atoms with E-state index in [0.717, 1.165) is 10.9 Å². The molecule has 0 aliphatic carbocycles. The van der Waals surface area contributed by atoms with E-state index >= 15 is 0 Å². The van der Waals surface area contributed by atoms with Gasteiger partial charge in [0.15, 0.2) is 0 Å². The normalized spacial score (nSPS) is 12.2. The number of fused-ring (bicyclic) bond motifs is 1. The summed E-state index contributed by atoms with van der Waals surface area (Å²) in [6, 6.07) is 0. The number of nitrogens with zero attached hydrogens (tertiary/aromatic N) is 2. The molecule has 0 aromatic carbocycles. The number of anilines is 1. The highest BCUT2D eigenvalue weighted by atomic mass is 32.1. The van der Waals surface area contributed by atoms with Crippen LogP contribution in [0.2, 0.25) is 0 Å². The standard InChI is InChI=1S/C10H13N3S/c1-10(2,3)8-7-6(4-14-8)9(11)13-5-12-7/h4-5H,1-3H3,(H2,11,12,13). The summed E-state index contributed by atoms with van der Waals surface area (Å²) >= 11 is 1.70. The fraction of sp³-hybridized carbons (Fsp3) is 0.400. The molecule has 3 nitrogen and oxygen atoms in total. The van der Waals surface area contributed by atoms with E-state index in [0.29, 0.717) is 5.82 Å². The maximum atomic E-state index is 5.77. The van der Waals surface area contributed by atoms with E-state index in [1.165, 1.54) is 11.2 Å². The Morgan fingerprint density at radius 2 is 2.00 bits per heavy atom. The smallest absolute Gasteiger partial charge is 0.135 e. The molecule has 0 bridgehead atoms. The number of hydrogen-bond acceptors (Lipinski definition) is 4. The van der Waals surface area contributed by atoms with Crippen LogP contribution in [0.5, 0.6) is 0 Å². The summed E-state index contributed by atoms with van der Waals surface area (Å²) in [7, 11) is 0. The summed E-state index contributed by atoms with van der Waals surface area (Å²) < 4.78 is 0. The number of thiophene rings is 1. The number of aromatic nitrogens is 2. The summed E-state index contributed by atoms with van der Waals surface area (Å²) in [5, 5.41) is 3.01. The van der Waals surface area contributed by atoms with E-state index < -0.39 is 0 Å². The highest BCUT2D eigenvalue weighted by Gasteiger charge is 2.20. The summed E-state index contributed by atoms with van der Waals surface area (Å²) in [5.74, 6) is 0.571. The van der Waals surface area contributed by atoms with Gasteiger partial charge in [0, 0.05) is 10.3 Å². The molecular formula is C10H13N3S. The number of hydrogen-bond donors (Lipinski definition) is 1. The molecule has 2 N–H and O–H groups in total. The van der Waals surface area contributed by atoms with Crippen LogP contribution in [0.3, 0.4) is 0 Å². The van der Waals surface area contributed by atoms with E-state index in [2.05, 4.69) is 30.7 Å². The van der Waals surface area contributed by atoms with Crippen molar-refractivity contribution in [1.82, 2.24) is 9.97 Å². The second-order valence-electron chi connectivity index (χ2n) is 4.34. The Labute approximate surface area is 87.0 Å². The Hall–Kier alpha value is -1.16. The molecule has 4 heteroatoms. The van der Waals surface area contributed by atoms with E-state index in [1.54, 1.807) is 11.3 Å². The summed E-state index contributed by atoms with van der Waals surface area (Å²) in [6.07, 6.45) is 1.53. The highest BCUT2D eigenvalue weighted by molar-refractivity contribution is 7.11. The van der Waals surface area contributed by atoms with Crippen LogP contribution >= 0.6 is 11.3 Å². The number of nitrogens with two attached hydrogens (primary N) is 1. The van der Waals surface area contributed by atoms with Gasteiger partial charge in [-0.25, -0.2) is 9.97 Å². The Morgan fingerprint density at radius 1 is 1.29 bits per heavy atom.